The van der Waals surface area contributed by atoms with Crippen molar-refractivity contribution in [3.05, 3.63) is 34.9 Å². The third-order valence-corrected chi connectivity index (χ3v) is 4.90. The SMILES string of the molecule is NC1CCCCC1SCc1ccc(Cl)cc1. The van der Waals surface area contributed by atoms with Gasteiger partial charge in [0.2, 0.25) is 0 Å². The molecule has 0 saturated heterocycles. The summed E-state index contributed by atoms with van der Waals surface area (Å²) >= 11 is 7.85. The van der Waals surface area contributed by atoms with Crippen molar-refractivity contribution in [2.75, 3.05) is 0 Å². The quantitative estimate of drug-likeness (QED) is 0.888. The van der Waals surface area contributed by atoms with Crippen LogP contribution in [0, 0.1) is 0 Å². The van der Waals surface area contributed by atoms with Crippen molar-refractivity contribution in [1.29, 1.82) is 0 Å². The van der Waals surface area contributed by atoms with Gasteiger partial charge in [0.15, 0.2) is 0 Å². The number of nitrogens with two attached hydrogens (primary N) is 1. The van der Waals surface area contributed by atoms with Crippen LogP contribution in [0.15, 0.2) is 24.3 Å². The normalized spacial score (nSPS) is 25.6. The Hall–Kier alpha value is -0.180. The molecule has 0 aromatic heterocycles. The highest BCUT2D eigenvalue weighted by molar-refractivity contribution is 7.99. The van der Waals surface area contributed by atoms with Gasteiger partial charge in [-0.15, -0.1) is 0 Å². The lowest BCUT2D eigenvalue weighted by Crippen LogP contribution is -2.35. The van der Waals surface area contributed by atoms with Gasteiger partial charge in [-0.25, -0.2) is 0 Å². The first-order valence-corrected chi connectivity index (χ1v) is 7.30. The summed E-state index contributed by atoms with van der Waals surface area (Å²) in [6.45, 7) is 0. The van der Waals surface area contributed by atoms with Crippen LogP contribution in [0.5, 0.6) is 0 Å². The van der Waals surface area contributed by atoms with Gasteiger partial charge < -0.3 is 5.73 Å². The molecule has 0 radical (unpaired) electrons. The first-order valence-electron chi connectivity index (χ1n) is 5.87. The summed E-state index contributed by atoms with van der Waals surface area (Å²) in [4.78, 5) is 0. The Bertz CT molecular complexity index is 325. The van der Waals surface area contributed by atoms with Crippen LogP contribution in [0.2, 0.25) is 5.02 Å². The zero-order chi connectivity index (χ0) is 11.4. The summed E-state index contributed by atoms with van der Waals surface area (Å²) in [7, 11) is 0. The van der Waals surface area contributed by atoms with Crippen LogP contribution < -0.4 is 5.73 Å². The van der Waals surface area contributed by atoms with Crippen LogP contribution in [0.3, 0.4) is 0 Å². The first kappa shape index (κ1) is 12.3. The average molecular weight is 256 g/mol. The maximum atomic E-state index is 6.13. The van der Waals surface area contributed by atoms with E-state index in [2.05, 4.69) is 12.1 Å². The van der Waals surface area contributed by atoms with Gasteiger partial charge in [-0.05, 0) is 30.5 Å². The molecule has 1 aliphatic rings. The van der Waals surface area contributed by atoms with Crippen LogP contribution in [0.4, 0.5) is 0 Å². The van der Waals surface area contributed by atoms with E-state index in [-0.39, 0.29) is 0 Å². The molecule has 0 bridgehead atoms. The second-order valence-corrected chi connectivity index (χ2v) is 6.09. The van der Waals surface area contributed by atoms with E-state index in [0.29, 0.717) is 11.3 Å². The predicted octanol–water partition coefficient (Wildman–Crippen LogP) is 3.84. The average Bonchev–Trinajstić information content (AvgIpc) is 2.30. The number of halogens is 1. The second kappa shape index (κ2) is 5.95. The summed E-state index contributed by atoms with van der Waals surface area (Å²) in [6.07, 6.45) is 5.11. The van der Waals surface area contributed by atoms with Gasteiger partial charge in [0.25, 0.3) is 0 Å². The van der Waals surface area contributed by atoms with E-state index in [0.717, 1.165) is 10.8 Å². The van der Waals surface area contributed by atoms with E-state index >= 15 is 0 Å². The summed E-state index contributed by atoms with van der Waals surface area (Å²) in [6, 6.07) is 8.51. The van der Waals surface area contributed by atoms with Gasteiger partial charge in [0.1, 0.15) is 0 Å². The Morgan fingerprint density at radius 1 is 1.19 bits per heavy atom. The summed E-state index contributed by atoms with van der Waals surface area (Å²) in [5, 5.41) is 1.45. The molecule has 0 aliphatic heterocycles. The molecule has 1 aromatic rings. The van der Waals surface area contributed by atoms with Gasteiger partial charge in [-0.3, -0.25) is 0 Å². The molecule has 3 heteroatoms. The number of thioether (sulfide) groups is 1. The predicted molar refractivity (Wildman–Crippen MR) is 73.0 cm³/mol. The number of hydrogen-bond donors (Lipinski definition) is 1. The van der Waals surface area contributed by atoms with Crippen molar-refractivity contribution in [2.45, 2.75) is 42.7 Å². The largest absolute Gasteiger partial charge is 0.327 e. The minimum absolute atomic E-state index is 0.394. The van der Waals surface area contributed by atoms with E-state index in [1.165, 1.54) is 31.2 Å². The molecule has 0 heterocycles. The Labute approximate surface area is 107 Å². The first-order chi connectivity index (χ1) is 7.75. The third kappa shape index (κ3) is 3.41. The van der Waals surface area contributed by atoms with E-state index < -0.39 is 0 Å². The Morgan fingerprint density at radius 2 is 1.88 bits per heavy atom. The fraction of sp³-hybridized carbons (Fsp3) is 0.538. The molecule has 2 unspecified atom stereocenters. The van der Waals surface area contributed by atoms with E-state index in [9.17, 15) is 0 Å². The Morgan fingerprint density at radius 3 is 2.56 bits per heavy atom. The summed E-state index contributed by atoms with van der Waals surface area (Å²) in [5.74, 6) is 1.05. The smallest absolute Gasteiger partial charge is 0.0406 e. The van der Waals surface area contributed by atoms with Crippen molar-refractivity contribution >= 4 is 23.4 Å². The van der Waals surface area contributed by atoms with Crippen molar-refractivity contribution in [2.24, 2.45) is 5.73 Å². The minimum atomic E-state index is 0.394. The van der Waals surface area contributed by atoms with Gasteiger partial charge in [0.05, 0.1) is 0 Å². The molecule has 1 nitrogen and oxygen atoms in total. The minimum Gasteiger partial charge on any atom is -0.327 e. The highest BCUT2D eigenvalue weighted by atomic mass is 35.5. The lowest BCUT2D eigenvalue weighted by Gasteiger charge is -2.27. The molecular formula is C13H18ClNS. The molecule has 16 heavy (non-hydrogen) atoms. The molecule has 2 rings (SSSR count). The molecule has 1 aromatic carbocycles. The fourth-order valence-electron chi connectivity index (χ4n) is 2.12. The maximum Gasteiger partial charge on any atom is 0.0406 e. The third-order valence-electron chi connectivity index (χ3n) is 3.13. The second-order valence-electron chi connectivity index (χ2n) is 4.42. The molecule has 1 fully saturated rings. The van der Waals surface area contributed by atoms with E-state index in [1.807, 2.05) is 23.9 Å². The van der Waals surface area contributed by atoms with Crippen LogP contribution in [-0.2, 0) is 5.75 Å². The van der Waals surface area contributed by atoms with Crippen LogP contribution in [0.1, 0.15) is 31.2 Å². The summed E-state index contributed by atoms with van der Waals surface area (Å²) in [5.41, 5.74) is 7.47. The topological polar surface area (TPSA) is 26.0 Å². The van der Waals surface area contributed by atoms with Gasteiger partial charge in [0, 0.05) is 22.1 Å². The van der Waals surface area contributed by atoms with Gasteiger partial charge >= 0.3 is 0 Å². The van der Waals surface area contributed by atoms with E-state index in [1.54, 1.807) is 0 Å². The lowest BCUT2D eigenvalue weighted by atomic mass is 9.96. The molecule has 0 spiro atoms. The lowest BCUT2D eigenvalue weighted by molar-refractivity contribution is 0.453. The van der Waals surface area contributed by atoms with Gasteiger partial charge in [-0.2, -0.15) is 11.8 Å². The molecule has 0 amide bonds. The number of hydrogen-bond acceptors (Lipinski definition) is 2. The Balaban J connectivity index is 1.84. The van der Waals surface area contributed by atoms with Crippen LogP contribution in [0.25, 0.3) is 0 Å². The standard InChI is InChI=1S/C13H18ClNS/c14-11-7-5-10(6-8-11)9-16-13-4-2-1-3-12(13)15/h5-8,12-13H,1-4,9,15H2. The van der Waals surface area contributed by atoms with Crippen molar-refractivity contribution < 1.29 is 0 Å². The molecule has 88 valence electrons. The van der Waals surface area contributed by atoms with Crippen molar-refractivity contribution in [3.8, 4) is 0 Å². The molecule has 2 atom stereocenters. The van der Waals surface area contributed by atoms with Gasteiger partial charge in [-0.1, -0.05) is 36.6 Å². The van der Waals surface area contributed by atoms with Crippen LogP contribution >= 0.6 is 23.4 Å². The molecule has 1 aliphatic carbocycles. The fourth-order valence-corrected chi connectivity index (χ4v) is 3.56. The monoisotopic (exact) mass is 255 g/mol. The maximum absolute atomic E-state index is 6.13. The zero-order valence-electron chi connectivity index (χ0n) is 9.36. The van der Waals surface area contributed by atoms with E-state index in [4.69, 9.17) is 17.3 Å². The zero-order valence-corrected chi connectivity index (χ0v) is 10.9. The molecule has 1 saturated carbocycles. The Kier molecular flexibility index (Phi) is 4.56. The van der Waals surface area contributed by atoms with Crippen molar-refractivity contribution in [1.82, 2.24) is 0 Å². The molecular weight excluding hydrogens is 238 g/mol. The number of benzene rings is 1. The summed E-state index contributed by atoms with van der Waals surface area (Å²) < 4.78 is 0. The molecule has 2 N–H and O–H groups in total. The number of rotatable bonds is 3. The van der Waals surface area contributed by atoms with Crippen LogP contribution in [-0.4, -0.2) is 11.3 Å². The highest BCUT2D eigenvalue weighted by Gasteiger charge is 2.21. The van der Waals surface area contributed by atoms with Crippen molar-refractivity contribution in [3.63, 3.8) is 0 Å². The highest BCUT2D eigenvalue weighted by Crippen LogP contribution is 2.30.